The van der Waals surface area contributed by atoms with Crippen molar-refractivity contribution in [3.63, 3.8) is 0 Å². The van der Waals surface area contributed by atoms with Crippen molar-refractivity contribution in [1.29, 1.82) is 0 Å². The largest absolute Gasteiger partial charge is 0.458 e. The number of aliphatic hydroxyl groups excluding tert-OH is 1. The zero-order chi connectivity index (χ0) is 46.7. The molecule has 65 heavy (non-hydrogen) atoms. The fourth-order valence-electron chi connectivity index (χ4n) is 9.04. The summed E-state index contributed by atoms with van der Waals surface area (Å²) in [6.07, 6.45) is 0.742. The van der Waals surface area contributed by atoms with Crippen LogP contribution in [-0.4, -0.2) is 124 Å². The Bertz CT molecular complexity index is 2640. The molecule has 2 aromatic heterocycles. The number of ether oxygens (including phenoxy) is 1. The highest BCUT2D eigenvalue weighted by molar-refractivity contribution is 5.95. The fraction of sp³-hybridized carbons (Fsp3) is 0.422. The van der Waals surface area contributed by atoms with Gasteiger partial charge in [-0.05, 0) is 54.5 Å². The van der Waals surface area contributed by atoms with E-state index in [0.717, 1.165) is 10.5 Å². The molecular formula is C45H52FN9O10. The van der Waals surface area contributed by atoms with Gasteiger partial charge in [-0.1, -0.05) is 37.3 Å². The van der Waals surface area contributed by atoms with E-state index >= 15 is 4.39 Å². The molecule has 7 rings (SSSR count). The second kappa shape index (κ2) is 19.2. The van der Waals surface area contributed by atoms with E-state index in [9.17, 15) is 43.8 Å². The number of nitrogens with one attached hydrogen (secondary N) is 3. The molecule has 0 saturated carbocycles. The van der Waals surface area contributed by atoms with Gasteiger partial charge in [0.15, 0.2) is 5.60 Å². The van der Waals surface area contributed by atoms with E-state index < -0.39 is 77.7 Å². The van der Waals surface area contributed by atoms with Crippen molar-refractivity contribution < 1.29 is 48.1 Å². The molecule has 0 radical (unpaired) electrons. The zero-order valence-electron chi connectivity index (χ0n) is 36.1. The number of hydrogen-bond acceptors (Lipinski definition) is 13. The monoisotopic (exact) mass is 897 g/mol. The van der Waals surface area contributed by atoms with Crippen molar-refractivity contribution in [3.8, 4) is 11.4 Å². The van der Waals surface area contributed by atoms with Crippen molar-refractivity contribution >= 4 is 46.4 Å². The van der Waals surface area contributed by atoms with Crippen LogP contribution in [-0.2, 0) is 65.1 Å². The number of fused-ring (bicyclic) bond motifs is 5. The minimum Gasteiger partial charge on any atom is -0.458 e. The molecule has 4 heterocycles. The Morgan fingerprint density at radius 1 is 1.03 bits per heavy atom. The van der Waals surface area contributed by atoms with Gasteiger partial charge in [-0.15, -0.1) is 0 Å². The molecule has 0 fully saturated rings. The normalized spacial score (nSPS) is 17.4. The smallest absolute Gasteiger partial charge is 0.343 e. The van der Waals surface area contributed by atoms with Crippen LogP contribution in [0.4, 0.5) is 4.39 Å². The summed E-state index contributed by atoms with van der Waals surface area (Å²) >= 11 is 0. The van der Waals surface area contributed by atoms with Crippen molar-refractivity contribution in [2.75, 3.05) is 52.4 Å². The first kappa shape index (κ1) is 46.4. The van der Waals surface area contributed by atoms with Gasteiger partial charge in [-0.25, -0.2) is 14.2 Å². The first-order valence-electron chi connectivity index (χ1n) is 21.4. The van der Waals surface area contributed by atoms with Crippen LogP contribution >= 0.6 is 0 Å². The van der Waals surface area contributed by atoms with E-state index in [-0.39, 0.29) is 76.5 Å². The Morgan fingerprint density at radius 3 is 2.48 bits per heavy atom. The molecule has 3 aliphatic rings. The predicted molar refractivity (Wildman–Crippen MR) is 232 cm³/mol. The number of benzene rings is 2. The Hall–Kier alpha value is -6.61. The molecule has 0 unspecified atom stereocenters. The molecule has 344 valence electrons. The number of aliphatic hydroxyl groups is 2. The molecule has 0 bridgehead atoms. The van der Waals surface area contributed by atoms with E-state index in [1.54, 1.807) is 55.1 Å². The Kier molecular flexibility index (Phi) is 13.7. The van der Waals surface area contributed by atoms with Crippen LogP contribution in [0, 0.1) is 12.7 Å². The van der Waals surface area contributed by atoms with E-state index in [1.165, 1.54) is 10.6 Å². The first-order valence-corrected chi connectivity index (χ1v) is 21.4. The fourth-order valence-corrected chi connectivity index (χ4v) is 9.04. The lowest BCUT2D eigenvalue weighted by atomic mass is 9.81. The third kappa shape index (κ3) is 9.33. The van der Waals surface area contributed by atoms with Crippen molar-refractivity contribution in [3.05, 3.63) is 97.6 Å². The van der Waals surface area contributed by atoms with Gasteiger partial charge in [0, 0.05) is 48.6 Å². The second-order valence-corrected chi connectivity index (χ2v) is 16.5. The van der Waals surface area contributed by atoms with E-state index in [0.29, 0.717) is 57.4 Å². The molecule has 0 spiro atoms. The van der Waals surface area contributed by atoms with Gasteiger partial charge in [-0.3, -0.25) is 33.7 Å². The van der Waals surface area contributed by atoms with Crippen LogP contribution in [0.15, 0.2) is 47.3 Å². The third-order valence-electron chi connectivity index (χ3n) is 12.4. The van der Waals surface area contributed by atoms with Gasteiger partial charge < -0.3 is 51.8 Å². The van der Waals surface area contributed by atoms with Crippen molar-refractivity contribution in [1.82, 2.24) is 35.3 Å². The minimum absolute atomic E-state index is 0.00284. The molecule has 19 nitrogen and oxygen atoms in total. The van der Waals surface area contributed by atoms with Gasteiger partial charge in [0.2, 0.25) is 29.5 Å². The Labute approximate surface area is 372 Å². The lowest BCUT2D eigenvalue weighted by molar-refractivity contribution is -0.172. The van der Waals surface area contributed by atoms with Crippen LogP contribution in [0.3, 0.4) is 0 Å². The molecule has 4 aromatic rings. The third-order valence-corrected chi connectivity index (χ3v) is 12.4. The molecule has 5 amide bonds. The van der Waals surface area contributed by atoms with Gasteiger partial charge in [0.1, 0.15) is 18.5 Å². The Balaban J connectivity index is 1.14. The number of nitrogens with zero attached hydrogens (tertiary/aromatic N) is 4. The molecule has 20 heteroatoms. The van der Waals surface area contributed by atoms with Crippen molar-refractivity contribution in [2.45, 2.75) is 70.4 Å². The SMILES string of the molecule is CC[C@@]1(O)C(=O)OCc2c1cc1n(c2=O)Cc2c-1nc1cc(F)c(C)c3c1c2[C@@H](NC(=O)CN(CCO)CCN(CC(N)=O)C(=O)[C@H](Cc1ccccc1)NC(=O)CNC(=O)CN)CC3. The number of primary amides is 1. The van der Waals surface area contributed by atoms with Crippen LogP contribution < -0.4 is 33.0 Å². The number of amides is 5. The highest BCUT2D eigenvalue weighted by Crippen LogP contribution is 2.46. The lowest BCUT2D eigenvalue weighted by Crippen LogP contribution is -2.54. The summed E-state index contributed by atoms with van der Waals surface area (Å²) in [6.45, 7) is 0.917. The van der Waals surface area contributed by atoms with Gasteiger partial charge in [-0.2, -0.15) is 0 Å². The first-order chi connectivity index (χ1) is 31.1. The van der Waals surface area contributed by atoms with Crippen molar-refractivity contribution in [2.24, 2.45) is 11.5 Å². The van der Waals surface area contributed by atoms with Crippen LogP contribution in [0.5, 0.6) is 0 Å². The number of aryl methyl sites for hydroxylation is 1. The summed E-state index contributed by atoms with van der Waals surface area (Å²) in [5.41, 5.74) is 12.8. The van der Waals surface area contributed by atoms with E-state index in [4.69, 9.17) is 21.2 Å². The Morgan fingerprint density at radius 2 is 1.78 bits per heavy atom. The van der Waals surface area contributed by atoms with Gasteiger partial charge in [0.05, 0.1) is 67.8 Å². The van der Waals surface area contributed by atoms with Crippen LogP contribution in [0.1, 0.15) is 64.8 Å². The highest BCUT2D eigenvalue weighted by Gasteiger charge is 2.46. The number of halogens is 1. The molecular weight excluding hydrogens is 846 g/mol. The quantitative estimate of drug-likeness (QED) is 0.0523. The number of cyclic esters (lactones) is 1. The lowest BCUT2D eigenvalue weighted by Gasteiger charge is -2.32. The van der Waals surface area contributed by atoms with E-state index in [2.05, 4.69) is 16.0 Å². The molecule has 3 atom stereocenters. The summed E-state index contributed by atoms with van der Waals surface area (Å²) in [5, 5.41) is 30.2. The number of esters is 1. The molecule has 1 aliphatic carbocycles. The molecule has 2 aliphatic heterocycles. The van der Waals surface area contributed by atoms with Crippen LogP contribution in [0.2, 0.25) is 0 Å². The summed E-state index contributed by atoms with van der Waals surface area (Å²) < 4.78 is 22.2. The van der Waals surface area contributed by atoms with Gasteiger partial charge in [0.25, 0.3) is 5.56 Å². The maximum Gasteiger partial charge on any atom is 0.343 e. The number of pyridine rings is 2. The number of carbonyl (C=O) groups is 6. The second-order valence-electron chi connectivity index (χ2n) is 16.5. The molecule has 9 N–H and O–H groups in total. The number of aromatic nitrogens is 2. The minimum atomic E-state index is -2.06. The standard InChI is InChI=1S/C45H52FN9O10/c1-3-45(64)29-16-34-41-27(20-55(34)42(61)28(29)23-65-44(45)63)40-31(10-9-26-24(2)30(46)17-32(52-41)39(26)40)50-38(60)22-53(13-14-56)11-12-54(21-35(48)57)43(62)33(15-25-7-5-4-6-8-25)51-37(59)19-49-36(58)18-47/h4-8,16-17,31,33,56,64H,3,9-15,18-23,47H2,1-2H3,(H2,48,57)(H,49,58)(H,50,60)(H,51,59)/t31-,33-,45-/m0/s1. The van der Waals surface area contributed by atoms with E-state index in [1.807, 2.05) is 0 Å². The predicted octanol–water partition coefficient (Wildman–Crippen LogP) is -0.959. The topological polar surface area (TPSA) is 282 Å². The van der Waals surface area contributed by atoms with Gasteiger partial charge >= 0.3 is 5.97 Å². The number of hydrogen-bond donors (Lipinski definition) is 7. The molecule has 2 aromatic carbocycles. The summed E-state index contributed by atoms with van der Waals surface area (Å²) in [7, 11) is 0. The number of nitrogens with two attached hydrogens (primary N) is 2. The van der Waals surface area contributed by atoms with Crippen LogP contribution in [0.25, 0.3) is 22.3 Å². The summed E-state index contributed by atoms with van der Waals surface area (Å²) in [5.74, 6) is -4.53. The zero-order valence-corrected chi connectivity index (χ0v) is 36.1. The average molecular weight is 898 g/mol. The number of carbonyl (C=O) groups excluding carboxylic acids is 6. The maximum atomic E-state index is 15.5. The maximum absolute atomic E-state index is 15.5. The average Bonchev–Trinajstić information content (AvgIpc) is 3.66. The molecule has 0 saturated heterocycles. The highest BCUT2D eigenvalue weighted by atomic mass is 19.1. The number of rotatable bonds is 18. The summed E-state index contributed by atoms with van der Waals surface area (Å²) in [6, 6.07) is 9.89. The summed E-state index contributed by atoms with van der Waals surface area (Å²) in [4.78, 5) is 99.5.